The molecule has 3 rings (SSSR count). The fourth-order valence-corrected chi connectivity index (χ4v) is 4.11. The summed E-state index contributed by atoms with van der Waals surface area (Å²) in [7, 11) is 0. The summed E-state index contributed by atoms with van der Waals surface area (Å²) >= 11 is 1.50. The SMILES string of the molecule is O=C(NC1CCCCCC1)C1CSc2nccc(=O)n2C1. The maximum atomic E-state index is 12.4. The predicted octanol–water partition coefficient (Wildman–Crippen LogP) is 1.80. The Labute approximate surface area is 128 Å². The van der Waals surface area contributed by atoms with Crippen molar-refractivity contribution in [1.82, 2.24) is 14.9 Å². The van der Waals surface area contributed by atoms with Crippen LogP contribution in [0, 0.1) is 5.92 Å². The lowest BCUT2D eigenvalue weighted by Crippen LogP contribution is -2.43. The van der Waals surface area contributed by atoms with Gasteiger partial charge in [-0.25, -0.2) is 4.98 Å². The molecule has 21 heavy (non-hydrogen) atoms. The summed E-state index contributed by atoms with van der Waals surface area (Å²) in [6.07, 6.45) is 8.67. The number of hydrogen-bond donors (Lipinski definition) is 1. The molecule has 1 unspecified atom stereocenters. The Balaban J connectivity index is 1.64. The molecule has 5 nitrogen and oxygen atoms in total. The van der Waals surface area contributed by atoms with Gasteiger partial charge in [0.25, 0.3) is 5.56 Å². The van der Waals surface area contributed by atoms with Gasteiger partial charge in [0.15, 0.2) is 5.16 Å². The zero-order valence-corrected chi connectivity index (χ0v) is 12.9. The molecule has 0 radical (unpaired) electrons. The van der Waals surface area contributed by atoms with Crippen LogP contribution in [0.2, 0.25) is 0 Å². The summed E-state index contributed by atoms with van der Waals surface area (Å²) in [6, 6.07) is 1.77. The van der Waals surface area contributed by atoms with Crippen LogP contribution in [-0.2, 0) is 11.3 Å². The van der Waals surface area contributed by atoms with Crippen molar-refractivity contribution in [3.05, 3.63) is 22.6 Å². The fraction of sp³-hybridized carbons (Fsp3) is 0.667. The van der Waals surface area contributed by atoms with E-state index in [0.717, 1.165) is 18.0 Å². The zero-order chi connectivity index (χ0) is 14.7. The van der Waals surface area contributed by atoms with Crippen LogP contribution in [0.4, 0.5) is 0 Å². The van der Waals surface area contributed by atoms with E-state index in [9.17, 15) is 9.59 Å². The molecule has 1 N–H and O–H groups in total. The molecule has 0 spiro atoms. The van der Waals surface area contributed by atoms with Crippen LogP contribution in [0.15, 0.2) is 22.2 Å². The molecule has 0 aromatic carbocycles. The number of amides is 1. The third kappa shape index (κ3) is 3.48. The summed E-state index contributed by atoms with van der Waals surface area (Å²) in [5.41, 5.74) is -0.0699. The van der Waals surface area contributed by atoms with E-state index in [1.54, 1.807) is 4.57 Å². The average molecular weight is 307 g/mol. The number of fused-ring (bicyclic) bond motifs is 1. The Hall–Kier alpha value is -1.30. The smallest absolute Gasteiger partial charge is 0.254 e. The number of carbonyl (C=O) groups is 1. The Bertz CT molecular complexity index is 564. The van der Waals surface area contributed by atoms with Gasteiger partial charge < -0.3 is 5.32 Å². The number of rotatable bonds is 2. The van der Waals surface area contributed by atoms with Crippen LogP contribution in [0.1, 0.15) is 38.5 Å². The first-order valence-electron chi connectivity index (χ1n) is 7.73. The summed E-state index contributed by atoms with van der Waals surface area (Å²) in [5.74, 6) is 0.665. The van der Waals surface area contributed by atoms with Crippen molar-refractivity contribution in [2.45, 2.75) is 56.3 Å². The van der Waals surface area contributed by atoms with Gasteiger partial charge in [-0.3, -0.25) is 14.2 Å². The fourth-order valence-electron chi connectivity index (χ4n) is 3.05. The lowest BCUT2D eigenvalue weighted by molar-refractivity contribution is -0.125. The number of nitrogens with one attached hydrogen (secondary N) is 1. The highest BCUT2D eigenvalue weighted by molar-refractivity contribution is 7.99. The maximum absolute atomic E-state index is 12.4. The van der Waals surface area contributed by atoms with E-state index in [2.05, 4.69) is 10.3 Å². The van der Waals surface area contributed by atoms with Crippen molar-refractivity contribution in [2.24, 2.45) is 5.92 Å². The maximum Gasteiger partial charge on any atom is 0.254 e. The van der Waals surface area contributed by atoms with E-state index < -0.39 is 0 Å². The molecule has 1 atom stereocenters. The van der Waals surface area contributed by atoms with Crippen molar-refractivity contribution >= 4 is 17.7 Å². The molecule has 1 aliphatic heterocycles. The van der Waals surface area contributed by atoms with Gasteiger partial charge in [-0.1, -0.05) is 37.4 Å². The van der Waals surface area contributed by atoms with Gasteiger partial charge in [-0.2, -0.15) is 0 Å². The molecule has 1 aromatic rings. The molecule has 6 heteroatoms. The normalized spacial score (nSPS) is 23.1. The average Bonchev–Trinajstić information content (AvgIpc) is 2.76. The highest BCUT2D eigenvalue weighted by atomic mass is 32.2. The Kier molecular flexibility index (Phi) is 4.63. The minimum absolute atomic E-state index is 0.0699. The van der Waals surface area contributed by atoms with Gasteiger partial charge in [0.2, 0.25) is 5.91 Å². The number of nitrogens with zero attached hydrogens (tertiary/aromatic N) is 2. The molecule has 0 bridgehead atoms. The molecule has 1 saturated carbocycles. The second-order valence-electron chi connectivity index (χ2n) is 5.88. The first-order valence-corrected chi connectivity index (χ1v) is 8.71. The summed E-state index contributed by atoms with van der Waals surface area (Å²) in [6.45, 7) is 0.452. The van der Waals surface area contributed by atoms with Crippen molar-refractivity contribution in [3.8, 4) is 0 Å². The Morgan fingerprint density at radius 2 is 2.05 bits per heavy atom. The monoisotopic (exact) mass is 307 g/mol. The molecule has 1 amide bonds. The van der Waals surface area contributed by atoms with Gasteiger partial charge in [0.05, 0.1) is 5.92 Å². The molecule has 2 heterocycles. The number of thioether (sulfide) groups is 1. The van der Waals surface area contributed by atoms with E-state index in [1.807, 2.05) is 0 Å². The standard InChI is InChI=1S/C15H21N3O2S/c19-13-7-8-16-15-18(13)9-11(10-21-15)14(20)17-12-5-3-1-2-4-6-12/h7-8,11-12H,1-6,9-10H2,(H,17,20). The molecular weight excluding hydrogens is 286 g/mol. The van der Waals surface area contributed by atoms with Gasteiger partial charge in [0, 0.05) is 30.6 Å². The third-order valence-corrected chi connectivity index (χ3v) is 5.44. The van der Waals surface area contributed by atoms with Crippen LogP contribution in [-0.4, -0.2) is 27.3 Å². The summed E-state index contributed by atoms with van der Waals surface area (Å²) in [4.78, 5) is 28.5. The van der Waals surface area contributed by atoms with E-state index in [-0.39, 0.29) is 17.4 Å². The van der Waals surface area contributed by atoms with Gasteiger partial charge >= 0.3 is 0 Å². The zero-order valence-electron chi connectivity index (χ0n) is 12.1. The molecule has 1 aromatic heterocycles. The highest BCUT2D eigenvalue weighted by Gasteiger charge is 2.27. The Morgan fingerprint density at radius 3 is 2.81 bits per heavy atom. The van der Waals surface area contributed by atoms with E-state index in [1.165, 1.54) is 49.7 Å². The number of hydrogen-bond acceptors (Lipinski definition) is 4. The van der Waals surface area contributed by atoms with E-state index >= 15 is 0 Å². The van der Waals surface area contributed by atoms with Crippen molar-refractivity contribution in [3.63, 3.8) is 0 Å². The van der Waals surface area contributed by atoms with Gasteiger partial charge in [0.1, 0.15) is 0 Å². The predicted molar refractivity (Wildman–Crippen MR) is 82.3 cm³/mol. The number of carbonyl (C=O) groups excluding carboxylic acids is 1. The van der Waals surface area contributed by atoms with Crippen LogP contribution in [0.25, 0.3) is 0 Å². The molecule has 1 aliphatic carbocycles. The Morgan fingerprint density at radius 1 is 1.29 bits per heavy atom. The molecule has 2 aliphatic rings. The van der Waals surface area contributed by atoms with Crippen LogP contribution in [0.3, 0.4) is 0 Å². The van der Waals surface area contributed by atoms with Crippen molar-refractivity contribution < 1.29 is 4.79 Å². The molecular formula is C15H21N3O2S. The first kappa shape index (κ1) is 14.6. The second kappa shape index (κ2) is 6.64. The van der Waals surface area contributed by atoms with Crippen molar-refractivity contribution in [2.75, 3.05) is 5.75 Å². The molecule has 0 saturated heterocycles. The van der Waals surface area contributed by atoms with Gasteiger partial charge in [-0.15, -0.1) is 0 Å². The van der Waals surface area contributed by atoms with E-state index in [4.69, 9.17) is 0 Å². The highest BCUT2D eigenvalue weighted by Crippen LogP contribution is 2.25. The molecule has 114 valence electrons. The van der Waals surface area contributed by atoms with Crippen LogP contribution >= 0.6 is 11.8 Å². The summed E-state index contributed by atoms with van der Waals surface area (Å²) in [5, 5.41) is 3.91. The minimum Gasteiger partial charge on any atom is -0.353 e. The van der Waals surface area contributed by atoms with Crippen LogP contribution < -0.4 is 10.9 Å². The quantitative estimate of drug-likeness (QED) is 0.668. The lowest BCUT2D eigenvalue weighted by atomic mass is 10.1. The minimum atomic E-state index is -0.132. The van der Waals surface area contributed by atoms with Crippen LogP contribution in [0.5, 0.6) is 0 Å². The second-order valence-corrected chi connectivity index (χ2v) is 6.87. The molecule has 1 fully saturated rings. The number of aromatic nitrogens is 2. The first-order chi connectivity index (χ1) is 10.2. The van der Waals surface area contributed by atoms with Gasteiger partial charge in [-0.05, 0) is 12.8 Å². The van der Waals surface area contributed by atoms with Crippen molar-refractivity contribution in [1.29, 1.82) is 0 Å². The van der Waals surface area contributed by atoms with E-state index in [0.29, 0.717) is 18.3 Å². The largest absolute Gasteiger partial charge is 0.353 e. The topological polar surface area (TPSA) is 64.0 Å². The summed E-state index contributed by atoms with van der Waals surface area (Å²) < 4.78 is 1.62. The lowest BCUT2D eigenvalue weighted by Gasteiger charge is -2.26. The third-order valence-electron chi connectivity index (χ3n) is 4.29.